The maximum Gasteiger partial charge on any atom is 0.244 e. The van der Waals surface area contributed by atoms with Gasteiger partial charge in [0.2, 0.25) is 15.9 Å². The van der Waals surface area contributed by atoms with Gasteiger partial charge >= 0.3 is 0 Å². The first-order chi connectivity index (χ1) is 12.2. The van der Waals surface area contributed by atoms with Gasteiger partial charge in [0.15, 0.2) is 0 Å². The molecule has 0 saturated carbocycles. The Bertz CT molecular complexity index is 848. The molecule has 26 heavy (non-hydrogen) atoms. The fourth-order valence-electron chi connectivity index (χ4n) is 2.07. The van der Waals surface area contributed by atoms with Gasteiger partial charge in [0.05, 0.1) is 10.3 Å². The van der Waals surface area contributed by atoms with Crippen LogP contribution in [0.3, 0.4) is 0 Å². The number of carbonyl (C=O) groups is 1. The number of amides is 1. The summed E-state index contributed by atoms with van der Waals surface area (Å²) in [7, 11) is -0.557. The van der Waals surface area contributed by atoms with Gasteiger partial charge in [-0.05, 0) is 31.5 Å². The van der Waals surface area contributed by atoms with Gasteiger partial charge in [0.1, 0.15) is 4.90 Å². The quantitative estimate of drug-likeness (QED) is 0.731. The molecule has 2 aromatic rings. The molecular weight excluding hydrogens is 370 g/mol. The zero-order valence-corrected chi connectivity index (χ0v) is 16.9. The lowest BCUT2D eigenvalue weighted by atomic mass is 10.1. The molecule has 0 fully saturated rings. The summed E-state index contributed by atoms with van der Waals surface area (Å²) < 4.78 is 25.2. The Morgan fingerprint density at radius 1 is 1.19 bits per heavy atom. The van der Waals surface area contributed by atoms with Crippen LogP contribution in [0.2, 0.25) is 0 Å². The average Bonchev–Trinajstić information content (AvgIpc) is 2.61. The van der Waals surface area contributed by atoms with Crippen LogP contribution in [0.1, 0.15) is 18.1 Å². The third-order valence-corrected chi connectivity index (χ3v) is 6.59. The highest BCUT2D eigenvalue weighted by molar-refractivity contribution is 8.00. The van der Waals surface area contributed by atoms with Crippen molar-refractivity contribution in [3.8, 4) is 0 Å². The van der Waals surface area contributed by atoms with Crippen molar-refractivity contribution < 1.29 is 13.2 Å². The van der Waals surface area contributed by atoms with Gasteiger partial charge in [-0.25, -0.2) is 17.7 Å². The largest absolute Gasteiger partial charge is 0.351 e. The van der Waals surface area contributed by atoms with Crippen molar-refractivity contribution in [1.82, 2.24) is 14.6 Å². The molecule has 0 aliphatic carbocycles. The topological polar surface area (TPSA) is 79.4 Å². The third kappa shape index (κ3) is 5.30. The number of pyridine rings is 1. The normalized spacial score (nSPS) is 12.8. The first-order valence-corrected chi connectivity index (χ1v) is 10.4. The second-order valence-electron chi connectivity index (χ2n) is 6.08. The van der Waals surface area contributed by atoms with Crippen LogP contribution in [0.4, 0.5) is 0 Å². The molecule has 0 aliphatic heterocycles. The van der Waals surface area contributed by atoms with Gasteiger partial charge in [-0.2, -0.15) is 0 Å². The van der Waals surface area contributed by atoms with Crippen molar-refractivity contribution in [1.29, 1.82) is 0 Å². The second kappa shape index (κ2) is 8.66. The van der Waals surface area contributed by atoms with Gasteiger partial charge in [-0.1, -0.05) is 41.6 Å². The van der Waals surface area contributed by atoms with E-state index in [-0.39, 0.29) is 16.1 Å². The predicted octanol–water partition coefficient (Wildman–Crippen LogP) is 2.44. The van der Waals surface area contributed by atoms with E-state index in [1.165, 1.54) is 43.7 Å². The molecular formula is C18H23N3O3S2. The third-order valence-electron chi connectivity index (χ3n) is 3.74. The van der Waals surface area contributed by atoms with Crippen molar-refractivity contribution in [3.05, 3.63) is 53.7 Å². The van der Waals surface area contributed by atoms with Gasteiger partial charge in [0.25, 0.3) is 0 Å². The summed E-state index contributed by atoms with van der Waals surface area (Å²) in [6.45, 7) is 4.28. The highest BCUT2D eigenvalue weighted by atomic mass is 32.2. The lowest BCUT2D eigenvalue weighted by Crippen LogP contribution is -2.30. The molecule has 140 valence electrons. The van der Waals surface area contributed by atoms with Crippen LogP contribution < -0.4 is 5.32 Å². The summed E-state index contributed by atoms with van der Waals surface area (Å²) >= 11 is 1.29. The molecule has 1 N–H and O–H groups in total. The molecule has 0 aliphatic rings. The molecule has 6 nitrogen and oxygen atoms in total. The Kier molecular flexibility index (Phi) is 6.80. The maximum absolute atomic E-state index is 12.2. The molecule has 0 spiro atoms. The van der Waals surface area contributed by atoms with Crippen molar-refractivity contribution >= 4 is 27.7 Å². The van der Waals surface area contributed by atoms with E-state index in [9.17, 15) is 13.2 Å². The van der Waals surface area contributed by atoms with E-state index in [1.54, 1.807) is 13.0 Å². The van der Waals surface area contributed by atoms with E-state index in [2.05, 4.69) is 10.3 Å². The minimum absolute atomic E-state index is 0.0950. The molecule has 1 atom stereocenters. The van der Waals surface area contributed by atoms with Crippen molar-refractivity contribution in [2.75, 3.05) is 14.1 Å². The lowest BCUT2D eigenvalue weighted by Gasteiger charge is -2.13. The number of hydrogen-bond acceptors (Lipinski definition) is 5. The van der Waals surface area contributed by atoms with E-state index in [0.29, 0.717) is 11.6 Å². The van der Waals surface area contributed by atoms with Gasteiger partial charge in [-0.15, -0.1) is 0 Å². The molecule has 1 aromatic carbocycles. The minimum atomic E-state index is -3.50. The second-order valence-corrected chi connectivity index (χ2v) is 9.60. The molecule has 1 aromatic heterocycles. The van der Waals surface area contributed by atoms with E-state index in [4.69, 9.17) is 0 Å². The number of aryl methyl sites for hydroxylation is 1. The van der Waals surface area contributed by atoms with Crippen LogP contribution in [-0.2, 0) is 21.4 Å². The monoisotopic (exact) mass is 393 g/mol. The number of rotatable bonds is 7. The summed E-state index contributed by atoms with van der Waals surface area (Å²) in [6.07, 6.45) is 1.31. The van der Waals surface area contributed by atoms with E-state index >= 15 is 0 Å². The van der Waals surface area contributed by atoms with Crippen molar-refractivity contribution in [3.63, 3.8) is 0 Å². The smallest absolute Gasteiger partial charge is 0.244 e. The number of thioether (sulfide) groups is 1. The first kappa shape index (κ1) is 20.4. The first-order valence-electron chi connectivity index (χ1n) is 8.08. The standard InChI is InChI=1S/C18H23N3O3S2/c1-13-5-7-15(8-6-13)11-20-18(22)14(2)25-17-10-9-16(12-19-17)26(23,24)21(3)4/h5-10,12,14H,11H2,1-4H3,(H,20,22). The number of nitrogens with one attached hydrogen (secondary N) is 1. The molecule has 1 amide bonds. The van der Waals surface area contributed by atoms with E-state index in [0.717, 1.165) is 9.87 Å². The number of carbonyl (C=O) groups excluding carboxylic acids is 1. The summed E-state index contributed by atoms with van der Waals surface area (Å²) in [5.41, 5.74) is 2.22. The van der Waals surface area contributed by atoms with Crippen LogP contribution in [0, 0.1) is 6.92 Å². The highest BCUT2D eigenvalue weighted by Crippen LogP contribution is 2.23. The van der Waals surface area contributed by atoms with Gasteiger partial charge < -0.3 is 5.32 Å². The van der Waals surface area contributed by atoms with E-state index in [1.807, 2.05) is 31.2 Å². The minimum Gasteiger partial charge on any atom is -0.351 e. The molecule has 0 saturated heterocycles. The Morgan fingerprint density at radius 3 is 2.38 bits per heavy atom. The lowest BCUT2D eigenvalue weighted by molar-refractivity contribution is -0.120. The summed E-state index contributed by atoms with van der Waals surface area (Å²) in [5.74, 6) is -0.0950. The Morgan fingerprint density at radius 2 is 1.85 bits per heavy atom. The van der Waals surface area contributed by atoms with Crippen LogP contribution in [0.5, 0.6) is 0 Å². The number of sulfonamides is 1. The Hall–Kier alpha value is -1.90. The molecule has 1 heterocycles. The van der Waals surface area contributed by atoms with Crippen LogP contribution in [0.25, 0.3) is 0 Å². The number of aromatic nitrogens is 1. The summed E-state index contributed by atoms with van der Waals surface area (Å²) in [5, 5.41) is 3.15. The number of hydrogen-bond donors (Lipinski definition) is 1. The average molecular weight is 394 g/mol. The SMILES string of the molecule is Cc1ccc(CNC(=O)C(C)Sc2ccc(S(=O)(=O)N(C)C)cn2)cc1. The van der Waals surface area contributed by atoms with E-state index < -0.39 is 10.0 Å². The predicted molar refractivity (Wildman–Crippen MR) is 103 cm³/mol. The van der Waals surface area contributed by atoms with Crippen molar-refractivity contribution in [2.45, 2.75) is 35.6 Å². The molecule has 2 rings (SSSR count). The number of benzene rings is 1. The van der Waals surface area contributed by atoms with Gasteiger partial charge in [-0.3, -0.25) is 4.79 Å². The Labute approximate surface area is 159 Å². The summed E-state index contributed by atoms with van der Waals surface area (Å²) in [6, 6.07) is 11.1. The fraction of sp³-hybridized carbons (Fsp3) is 0.333. The fourth-order valence-corrected chi connectivity index (χ4v) is 3.73. The zero-order chi connectivity index (χ0) is 19.3. The molecule has 1 unspecified atom stereocenters. The molecule has 0 radical (unpaired) electrons. The summed E-state index contributed by atoms with van der Waals surface area (Å²) in [4.78, 5) is 16.5. The zero-order valence-electron chi connectivity index (χ0n) is 15.3. The van der Waals surface area contributed by atoms with Gasteiger partial charge in [0, 0.05) is 26.8 Å². The maximum atomic E-state index is 12.2. The highest BCUT2D eigenvalue weighted by Gasteiger charge is 2.19. The Balaban J connectivity index is 1.93. The van der Waals surface area contributed by atoms with Crippen molar-refractivity contribution in [2.24, 2.45) is 0 Å². The van der Waals surface area contributed by atoms with Crippen LogP contribution in [-0.4, -0.2) is 43.0 Å². The molecule has 8 heteroatoms. The van der Waals surface area contributed by atoms with Crippen LogP contribution in [0.15, 0.2) is 52.5 Å². The molecule has 0 bridgehead atoms. The number of nitrogens with zero attached hydrogens (tertiary/aromatic N) is 2. The van der Waals surface area contributed by atoms with Crippen LogP contribution >= 0.6 is 11.8 Å².